The van der Waals surface area contributed by atoms with E-state index < -0.39 is 23.1 Å². The van der Waals surface area contributed by atoms with Gasteiger partial charge in [0.05, 0.1) is 0 Å². The number of hydrogen-bond donors (Lipinski definition) is 1. The molecule has 0 aliphatic carbocycles. The Morgan fingerprint density at radius 3 is 2.56 bits per heavy atom. The third kappa shape index (κ3) is 2.18. The highest BCUT2D eigenvalue weighted by Crippen LogP contribution is 2.30. The smallest absolute Gasteiger partial charge is 0.334 e. The molecule has 0 saturated carbocycles. The molecule has 1 rings (SSSR count). The van der Waals surface area contributed by atoms with Gasteiger partial charge < -0.3 is 10.0 Å². The van der Waals surface area contributed by atoms with Gasteiger partial charge in [0.2, 0.25) is 6.41 Å². The molecule has 18 heavy (non-hydrogen) atoms. The summed E-state index contributed by atoms with van der Waals surface area (Å²) < 4.78 is 26.8. The Hall–Kier alpha value is -1.98. The summed E-state index contributed by atoms with van der Waals surface area (Å²) in [6.07, 6.45) is 0.304. The van der Waals surface area contributed by atoms with E-state index in [9.17, 15) is 23.5 Å². The molecule has 6 heteroatoms. The second kappa shape index (κ2) is 5.12. The van der Waals surface area contributed by atoms with Crippen LogP contribution in [0.5, 0.6) is 0 Å². The molecule has 0 fully saturated rings. The zero-order chi connectivity index (χ0) is 13.9. The van der Waals surface area contributed by atoms with Crippen LogP contribution in [0.4, 0.5) is 8.78 Å². The first kappa shape index (κ1) is 14.1. The Kier molecular flexibility index (Phi) is 4.00. The second-order valence-electron chi connectivity index (χ2n) is 3.89. The van der Waals surface area contributed by atoms with Crippen molar-refractivity contribution in [2.24, 2.45) is 0 Å². The Morgan fingerprint density at radius 1 is 1.50 bits per heavy atom. The summed E-state index contributed by atoms with van der Waals surface area (Å²) in [7, 11) is 0. The molecule has 1 atom stereocenters. The van der Waals surface area contributed by atoms with Gasteiger partial charge in [-0.1, -0.05) is 0 Å². The number of carboxylic acids is 1. The maximum atomic E-state index is 13.7. The van der Waals surface area contributed by atoms with E-state index in [-0.39, 0.29) is 12.1 Å². The summed E-state index contributed by atoms with van der Waals surface area (Å²) in [6.45, 7) is 2.76. The first-order valence-electron chi connectivity index (χ1n) is 5.28. The molecule has 4 nitrogen and oxygen atoms in total. The van der Waals surface area contributed by atoms with E-state index >= 15 is 0 Å². The number of nitrogens with zero attached hydrogens (tertiary/aromatic N) is 1. The zero-order valence-corrected chi connectivity index (χ0v) is 9.98. The molecule has 1 N–H and O–H groups in total. The summed E-state index contributed by atoms with van der Waals surface area (Å²) in [6, 6.07) is 2.51. The lowest BCUT2D eigenvalue weighted by Crippen LogP contribution is -2.49. The molecule has 0 bridgehead atoms. The lowest BCUT2D eigenvalue weighted by atomic mass is 9.89. The van der Waals surface area contributed by atoms with Crippen LogP contribution in [0.25, 0.3) is 0 Å². The van der Waals surface area contributed by atoms with Crippen LogP contribution in [0.2, 0.25) is 0 Å². The van der Waals surface area contributed by atoms with E-state index in [1.807, 2.05) is 0 Å². The predicted molar refractivity (Wildman–Crippen MR) is 59.8 cm³/mol. The first-order valence-corrected chi connectivity index (χ1v) is 5.28. The third-order valence-electron chi connectivity index (χ3n) is 2.91. The number of likely N-dealkylation sites (N-methyl/N-ethyl adjacent to an activating group) is 1. The number of rotatable bonds is 5. The highest BCUT2D eigenvalue weighted by molar-refractivity contribution is 5.83. The molecule has 0 aliphatic rings. The van der Waals surface area contributed by atoms with Gasteiger partial charge in [-0.15, -0.1) is 0 Å². The average Bonchev–Trinajstić information content (AvgIpc) is 2.33. The Bertz CT molecular complexity index is 478. The fourth-order valence-electron chi connectivity index (χ4n) is 1.76. The lowest BCUT2D eigenvalue weighted by Gasteiger charge is -2.35. The summed E-state index contributed by atoms with van der Waals surface area (Å²) in [4.78, 5) is 23.2. The molecule has 0 radical (unpaired) electrons. The van der Waals surface area contributed by atoms with Gasteiger partial charge >= 0.3 is 5.97 Å². The highest BCUT2D eigenvalue weighted by Gasteiger charge is 2.42. The third-order valence-corrected chi connectivity index (χ3v) is 2.91. The van der Waals surface area contributed by atoms with E-state index in [0.29, 0.717) is 6.41 Å². The van der Waals surface area contributed by atoms with E-state index in [2.05, 4.69) is 0 Å². The van der Waals surface area contributed by atoms with Crippen LogP contribution in [0.3, 0.4) is 0 Å². The molecular weight excluding hydrogens is 244 g/mol. The first-order chi connectivity index (χ1) is 8.37. The number of benzene rings is 1. The van der Waals surface area contributed by atoms with Crippen LogP contribution < -0.4 is 0 Å². The van der Waals surface area contributed by atoms with Crippen molar-refractivity contribution in [2.75, 3.05) is 6.54 Å². The molecule has 0 aliphatic heterocycles. The van der Waals surface area contributed by atoms with E-state index in [4.69, 9.17) is 0 Å². The van der Waals surface area contributed by atoms with Gasteiger partial charge in [0.15, 0.2) is 5.54 Å². The topological polar surface area (TPSA) is 57.6 Å². The fraction of sp³-hybridized carbons (Fsp3) is 0.333. The van der Waals surface area contributed by atoms with Crippen LogP contribution in [0.15, 0.2) is 18.2 Å². The van der Waals surface area contributed by atoms with Crippen molar-refractivity contribution >= 4 is 12.4 Å². The number of carbonyl (C=O) groups is 2. The molecule has 1 aromatic carbocycles. The second-order valence-corrected chi connectivity index (χ2v) is 3.89. The molecule has 1 unspecified atom stereocenters. The molecule has 0 aromatic heterocycles. The maximum absolute atomic E-state index is 13.7. The largest absolute Gasteiger partial charge is 0.479 e. The quantitative estimate of drug-likeness (QED) is 0.817. The minimum Gasteiger partial charge on any atom is -0.479 e. The standard InChI is InChI=1S/C12H13F2NO3/c1-3-15(7-16)12(2,11(17)18)9-6-8(13)4-5-10(9)14/h4-7H,3H2,1-2H3,(H,17,18). The van der Waals surface area contributed by atoms with Crippen LogP contribution in [-0.4, -0.2) is 28.9 Å². The average molecular weight is 257 g/mol. The lowest BCUT2D eigenvalue weighted by molar-refractivity contribution is -0.154. The minimum atomic E-state index is -1.94. The number of halogens is 2. The Balaban J connectivity index is 3.49. The van der Waals surface area contributed by atoms with Crippen molar-refractivity contribution < 1.29 is 23.5 Å². The van der Waals surface area contributed by atoms with Crippen LogP contribution in [0.1, 0.15) is 19.4 Å². The molecule has 1 aromatic rings. The van der Waals surface area contributed by atoms with Gasteiger partial charge in [-0.2, -0.15) is 0 Å². The molecular formula is C12H13F2NO3. The normalized spacial score (nSPS) is 13.8. The zero-order valence-electron chi connectivity index (χ0n) is 9.98. The van der Waals surface area contributed by atoms with Gasteiger partial charge in [0.1, 0.15) is 11.6 Å². The number of carboxylic acid groups (broad SMARTS) is 1. The molecule has 1 amide bonds. The summed E-state index contributed by atoms with van der Waals surface area (Å²) in [5.74, 6) is -3.07. The van der Waals surface area contributed by atoms with Crippen LogP contribution >= 0.6 is 0 Å². The van der Waals surface area contributed by atoms with Gasteiger partial charge in [0, 0.05) is 12.1 Å². The molecule has 0 heterocycles. The predicted octanol–water partition coefficient (Wildman–Crippen LogP) is 1.74. The van der Waals surface area contributed by atoms with Crippen LogP contribution in [-0.2, 0) is 15.1 Å². The summed E-state index contributed by atoms with van der Waals surface area (Å²) in [5, 5.41) is 9.24. The molecule has 98 valence electrons. The fourth-order valence-corrected chi connectivity index (χ4v) is 1.76. The van der Waals surface area contributed by atoms with Crippen molar-refractivity contribution in [1.29, 1.82) is 0 Å². The summed E-state index contributed by atoms with van der Waals surface area (Å²) >= 11 is 0. The van der Waals surface area contributed by atoms with Crippen molar-refractivity contribution in [1.82, 2.24) is 4.90 Å². The van der Waals surface area contributed by atoms with Crippen LogP contribution in [0, 0.1) is 11.6 Å². The van der Waals surface area contributed by atoms with Crippen molar-refractivity contribution in [3.63, 3.8) is 0 Å². The Morgan fingerprint density at radius 2 is 2.11 bits per heavy atom. The van der Waals surface area contributed by atoms with Crippen molar-refractivity contribution in [2.45, 2.75) is 19.4 Å². The monoisotopic (exact) mass is 257 g/mol. The van der Waals surface area contributed by atoms with Crippen molar-refractivity contribution in [3.8, 4) is 0 Å². The van der Waals surface area contributed by atoms with Gasteiger partial charge in [-0.3, -0.25) is 4.79 Å². The van der Waals surface area contributed by atoms with Gasteiger partial charge in [-0.05, 0) is 32.0 Å². The van der Waals surface area contributed by atoms with Gasteiger partial charge in [0.25, 0.3) is 0 Å². The van der Waals surface area contributed by atoms with Gasteiger partial charge in [-0.25, -0.2) is 13.6 Å². The SMILES string of the molecule is CCN(C=O)C(C)(C(=O)O)c1cc(F)ccc1F. The highest BCUT2D eigenvalue weighted by atomic mass is 19.1. The Labute approximate surface area is 103 Å². The number of hydrogen-bond acceptors (Lipinski definition) is 2. The number of carbonyl (C=O) groups excluding carboxylic acids is 1. The summed E-state index contributed by atoms with van der Waals surface area (Å²) in [5.41, 5.74) is -2.33. The maximum Gasteiger partial charge on any atom is 0.334 e. The van der Waals surface area contributed by atoms with E-state index in [1.165, 1.54) is 0 Å². The number of aliphatic carboxylic acids is 1. The number of amides is 1. The van der Waals surface area contributed by atoms with E-state index in [0.717, 1.165) is 30.0 Å². The molecule has 0 spiro atoms. The molecule has 0 saturated heterocycles. The minimum absolute atomic E-state index is 0.0578. The van der Waals surface area contributed by atoms with Crippen molar-refractivity contribution in [3.05, 3.63) is 35.4 Å². The van der Waals surface area contributed by atoms with E-state index in [1.54, 1.807) is 6.92 Å².